The second kappa shape index (κ2) is 9.23. The van der Waals surface area contributed by atoms with Crippen molar-refractivity contribution in [1.82, 2.24) is 15.6 Å². The summed E-state index contributed by atoms with van der Waals surface area (Å²) < 4.78 is 0. The van der Waals surface area contributed by atoms with Crippen molar-refractivity contribution in [1.29, 1.82) is 0 Å². The van der Waals surface area contributed by atoms with Crippen molar-refractivity contribution in [3.8, 4) is 11.3 Å². The van der Waals surface area contributed by atoms with Gasteiger partial charge in [-0.2, -0.15) is 0 Å². The SMILES string of the molecule is Cc1nc(-c2ccccc2)c(C(=O)NC2CCCNC2)s1.Cl.Cl. The average Bonchev–Trinajstić information content (AvgIpc) is 2.91. The van der Waals surface area contributed by atoms with E-state index in [1.54, 1.807) is 0 Å². The van der Waals surface area contributed by atoms with E-state index in [0.29, 0.717) is 4.88 Å². The zero-order valence-electron chi connectivity index (χ0n) is 12.9. The molecule has 1 fully saturated rings. The molecule has 0 spiro atoms. The first-order chi connectivity index (χ1) is 10.2. The van der Waals surface area contributed by atoms with E-state index in [0.717, 1.165) is 42.2 Å². The molecule has 2 aromatic rings. The van der Waals surface area contributed by atoms with Crippen LogP contribution in [0.25, 0.3) is 11.3 Å². The quantitative estimate of drug-likeness (QED) is 0.865. The molecule has 1 unspecified atom stereocenters. The van der Waals surface area contributed by atoms with Gasteiger partial charge in [-0.25, -0.2) is 4.98 Å². The van der Waals surface area contributed by atoms with E-state index in [9.17, 15) is 4.79 Å². The van der Waals surface area contributed by atoms with Gasteiger partial charge in [0.05, 0.1) is 10.7 Å². The first-order valence-corrected chi connectivity index (χ1v) is 8.10. The highest BCUT2D eigenvalue weighted by Gasteiger charge is 2.21. The maximum atomic E-state index is 12.6. The molecule has 1 saturated heterocycles. The third-order valence-electron chi connectivity index (χ3n) is 3.62. The molecule has 3 rings (SSSR count). The lowest BCUT2D eigenvalue weighted by molar-refractivity contribution is 0.0935. The third-order valence-corrected chi connectivity index (χ3v) is 4.59. The van der Waals surface area contributed by atoms with E-state index in [4.69, 9.17) is 0 Å². The summed E-state index contributed by atoms with van der Waals surface area (Å²) in [4.78, 5) is 17.8. The van der Waals surface area contributed by atoms with Gasteiger partial charge in [-0.15, -0.1) is 36.2 Å². The maximum Gasteiger partial charge on any atom is 0.263 e. The number of hydrogen-bond acceptors (Lipinski definition) is 4. The second-order valence-electron chi connectivity index (χ2n) is 5.29. The minimum Gasteiger partial charge on any atom is -0.347 e. The van der Waals surface area contributed by atoms with Gasteiger partial charge in [0, 0.05) is 18.2 Å². The number of piperidine rings is 1. The number of nitrogens with one attached hydrogen (secondary N) is 2. The van der Waals surface area contributed by atoms with Crippen LogP contribution in [0.4, 0.5) is 0 Å². The van der Waals surface area contributed by atoms with Gasteiger partial charge < -0.3 is 10.6 Å². The third kappa shape index (κ3) is 4.91. The highest BCUT2D eigenvalue weighted by atomic mass is 35.5. The second-order valence-corrected chi connectivity index (χ2v) is 6.50. The van der Waals surface area contributed by atoms with Crippen LogP contribution in [0, 0.1) is 6.92 Å². The topological polar surface area (TPSA) is 54.0 Å². The first-order valence-electron chi connectivity index (χ1n) is 7.28. The monoisotopic (exact) mass is 373 g/mol. The Hall–Kier alpha value is -1.14. The van der Waals surface area contributed by atoms with Gasteiger partial charge in [-0.3, -0.25) is 4.79 Å². The molecule has 1 aliphatic heterocycles. The van der Waals surface area contributed by atoms with Gasteiger partial charge in [0.25, 0.3) is 5.91 Å². The fraction of sp³-hybridized carbons (Fsp3) is 0.375. The van der Waals surface area contributed by atoms with E-state index >= 15 is 0 Å². The Kier molecular flexibility index (Phi) is 7.99. The fourth-order valence-corrected chi connectivity index (χ4v) is 3.44. The van der Waals surface area contributed by atoms with Crippen molar-refractivity contribution in [2.75, 3.05) is 13.1 Å². The summed E-state index contributed by atoms with van der Waals surface area (Å²) in [5.41, 5.74) is 1.79. The summed E-state index contributed by atoms with van der Waals surface area (Å²) in [6.45, 7) is 3.83. The van der Waals surface area contributed by atoms with Crippen LogP contribution in [0.3, 0.4) is 0 Å². The molecule has 1 aliphatic rings. The molecular formula is C16H21Cl2N3OS. The van der Waals surface area contributed by atoms with Crippen LogP contribution >= 0.6 is 36.2 Å². The summed E-state index contributed by atoms with van der Waals surface area (Å²) in [6.07, 6.45) is 2.15. The summed E-state index contributed by atoms with van der Waals surface area (Å²) >= 11 is 1.46. The minimum absolute atomic E-state index is 0. The first kappa shape index (κ1) is 19.9. The van der Waals surface area contributed by atoms with Gasteiger partial charge in [-0.1, -0.05) is 30.3 Å². The fourth-order valence-electron chi connectivity index (χ4n) is 2.60. The molecule has 23 heavy (non-hydrogen) atoms. The molecular weight excluding hydrogens is 353 g/mol. The van der Waals surface area contributed by atoms with Gasteiger partial charge in [-0.05, 0) is 26.3 Å². The number of rotatable bonds is 3. The lowest BCUT2D eigenvalue weighted by Gasteiger charge is -2.23. The number of nitrogens with zero attached hydrogens (tertiary/aromatic N) is 1. The molecule has 0 saturated carbocycles. The minimum atomic E-state index is -0.00634. The average molecular weight is 374 g/mol. The summed E-state index contributed by atoms with van der Waals surface area (Å²) in [6, 6.07) is 10.1. The van der Waals surface area contributed by atoms with Crippen molar-refractivity contribution in [2.24, 2.45) is 0 Å². The van der Waals surface area contributed by atoms with Crippen LogP contribution < -0.4 is 10.6 Å². The van der Waals surface area contributed by atoms with E-state index in [1.165, 1.54) is 11.3 Å². The number of amides is 1. The lowest BCUT2D eigenvalue weighted by atomic mass is 10.1. The Morgan fingerprint density at radius 1 is 1.30 bits per heavy atom. The van der Waals surface area contributed by atoms with E-state index in [1.807, 2.05) is 37.3 Å². The lowest BCUT2D eigenvalue weighted by Crippen LogP contribution is -2.45. The Bertz CT molecular complexity index is 628. The number of aromatic nitrogens is 1. The van der Waals surface area contributed by atoms with Crippen LogP contribution in [0.2, 0.25) is 0 Å². The zero-order chi connectivity index (χ0) is 14.7. The van der Waals surface area contributed by atoms with Crippen LogP contribution in [0.1, 0.15) is 27.5 Å². The highest BCUT2D eigenvalue weighted by Crippen LogP contribution is 2.28. The molecule has 1 aromatic carbocycles. The molecule has 1 amide bonds. The highest BCUT2D eigenvalue weighted by molar-refractivity contribution is 7.14. The van der Waals surface area contributed by atoms with Crippen LogP contribution in [-0.4, -0.2) is 30.0 Å². The molecule has 126 valence electrons. The summed E-state index contributed by atoms with van der Waals surface area (Å²) in [5, 5.41) is 7.36. The number of halogens is 2. The molecule has 7 heteroatoms. The number of hydrogen-bond donors (Lipinski definition) is 2. The Balaban J connectivity index is 0.00000132. The number of carbonyl (C=O) groups is 1. The van der Waals surface area contributed by atoms with E-state index in [-0.39, 0.29) is 36.8 Å². The molecule has 0 bridgehead atoms. The van der Waals surface area contributed by atoms with E-state index < -0.39 is 0 Å². The largest absolute Gasteiger partial charge is 0.347 e. The van der Waals surface area contributed by atoms with Crippen molar-refractivity contribution in [2.45, 2.75) is 25.8 Å². The molecule has 0 radical (unpaired) electrons. The predicted molar refractivity (Wildman–Crippen MR) is 100 cm³/mol. The van der Waals surface area contributed by atoms with Gasteiger partial charge in [0.2, 0.25) is 0 Å². The molecule has 0 aliphatic carbocycles. The Morgan fingerprint density at radius 3 is 2.70 bits per heavy atom. The van der Waals surface area contributed by atoms with Crippen molar-refractivity contribution in [3.05, 3.63) is 40.2 Å². The predicted octanol–water partition coefficient (Wildman–Crippen LogP) is 3.44. The normalized spacial score (nSPS) is 16.8. The molecule has 1 aromatic heterocycles. The standard InChI is InChI=1S/C16H19N3OS.2ClH/c1-11-18-14(12-6-3-2-4-7-12)15(21-11)16(20)19-13-8-5-9-17-10-13;;/h2-4,6-7,13,17H,5,8-10H2,1H3,(H,19,20);2*1H. The zero-order valence-corrected chi connectivity index (χ0v) is 15.3. The van der Waals surface area contributed by atoms with Gasteiger partial charge in [0.1, 0.15) is 4.88 Å². The molecule has 4 nitrogen and oxygen atoms in total. The molecule has 2 N–H and O–H groups in total. The molecule has 2 heterocycles. The van der Waals surface area contributed by atoms with Crippen molar-refractivity contribution < 1.29 is 4.79 Å². The summed E-state index contributed by atoms with van der Waals surface area (Å²) in [7, 11) is 0. The number of benzene rings is 1. The maximum absolute atomic E-state index is 12.6. The van der Waals surface area contributed by atoms with Crippen LogP contribution in [-0.2, 0) is 0 Å². The van der Waals surface area contributed by atoms with Crippen LogP contribution in [0.5, 0.6) is 0 Å². The van der Waals surface area contributed by atoms with Crippen molar-refractivity contribution >= 4 is 42.1 Å². The number of carbonyl (C=O) groups excluding carboxylic acids is 1. The smallest absolute Gasteiger partial charge is 0.263 e. The number of aryl methyl sites for hydroxylation is 1. The molecule has 1 atom stereocenters. The number of thiazole rings is 1. The van der Waals surface area contributed by atoms with Crippen LogP contribution in [0.15, 0.2) is 30.3 Å². The van der Waals surface area contributed by atoms with Gasteiger partial charge >= 0.3 is 0 Å². The van der Waals surface area contributed by atoms with Gasteiger partial charge in [0.15, 0.2) is 0 Å². The Morgan fingerprint density at radius 2 is 2.04 bits per heavy atom. The summed E-state index contributed by atoms with van der Waals surface area (Å²) in [5.74, 6) is -0.00634. The Labute approximate surface area is 152 Å². The van der Waals surface area contributed by atoms with Crippen molar-refractivity contribution in [3.63, 3.8) is 0 Å². The van der Waals surface area contributed by atoms with E-state index in [2.05, 4.69) is 15.6 Å².